The fourth-order valence-electron chi connectivity index (χ4n) is 5.55. The lowest BCUT2D eigenvalue weighted by Crippen LogP contribution is -2.38. The highest BCUT2D eigenvalue weighted by Crippen LogP contribution is 2.40. The van der Waals surface area contributed by atoms with E-state index in [-0.39, 0.29) is 11.3 Å². The molecule has 3 aromatic heterocycles. The minimum Gasteiger partial charge on any atom is -0.340 e. The first kappa shape index (κ1) is 23.3. The van der Waals surface area contributed by atoms with Gasteiger partial charge in [-0.1, -0.05) is 12.1 Å². The van der Waals surface area contributed by atoms with Gasteiger partial charge in [0.25, 0.3) is 0 Å². The number of amides is 1. The molecular formula is C26H31N7O2S. The zero-order valence-corrected chi connectivity index (χ0v) is 21.5. The Morgan fingerprint density at radius 1 is 1.22 bits per heavy atom. The van der Waals surface area contributed by atoms with Crippen molar-refractivity contribution in [2.24, 2.45) is 5.41 Å². The van der Waals surface area contributed by atoms with E-state index in [2.05, 4.69) is 20.5 Å². The van der Waals surface area contributed by atoms with Gasteiger partial charge < -0.3 is 20.4 Å². The monoisotopic (exact) mass is 505 g/mol. The summed E-state index contributed by atoms with van der Waals surface area (Å²) in [5.74, 6) is 0.491. The Labute approximate surface area is 213 Å². The van der Waals surface area contributed by atoms with E-state index in [1.807, 2.05) is 47.7 Å². The van der Waals surface area contributed by atoms with Crippen molar-refractivity contribution in [2.75, 3.05) is 57.0 Å². The van der Waals surface area contributed by atoms with Gasteiger partial charge in [-0.25, -0.2) is 4.98 Å². The maximum atomic E-state index is 13.6. The van der Waals surface area contributed by atoms with Gasteiger partial charge in [-0.3, -0.25) is 14.0 Å². The molecule has 0 bridgehead atoms. The maximum absolute atomic E-state index is 13.6. The number of benzene rings is 1. The lowest BCUT2D eigenvalue weighted by molar-refractivity contribution is -0.116. The number of carbonyl (C=O) groups excluding carboxylic acids is 1. The van der Waals surface area contributed by atoms with Crippen LogP contribution in [0.15, 0.2) is 35.3 Å². The van der Waals surface area contributed by atoms with Crippen LogP contribution in [0.2, 0.25) is 0 Å². The van der Waals surface area contributed by atoms with Crippen LogP contribution in [-0.2, 0) is 4.79 Å². The highest BCUT2D eigenvalue weighted by Gasteiger charge is 2.39. The van der Waals surface area contributed by atoms with Crippen LogP contribution in [0.1, 0.15) is 25.7 Å². The lowest BCUT2D eigenvalue weighted by atomic mass is 9.78. The van der Waals surface area contributed by atoms with Crippen LogP contribution >= 0.6 is 11.3 Å². The van der Waals surface area contributed by atoms with Gasteiger partial charge in [-0.05, 0) is 64.0 Å². The average molecular weight is 506 g/mol. The van der Waals surface area contributed by atoms with Crippen LogP contribution in [0.3, 0.4) is 0 Å². The molecule has 0 radical (unpaired) electrons. The van der Waals surface area contributed by atoms with E-state index >= 15 is 0 Å². The van der Waals surface area contributed by atoms with Gasteiger partial charge in [0.15, 0.2) is 5.65 Å². The molecule has 36 heavy (non-hydrogen) atoms. The number of piperidine rings is 1. The predicted molar refractivity (Wildman–Crippen MR) is 145 cm³/mol. The van der Waals surface area contributed by atoms with Crippen LogP contribution in [0.5, 0.6) is 0 Å². The van der Waals surface area contributed by atoms with Crippen molar-refractivity contribution in [2.45, 2.75) is 25.7 Å². The standard InChI is InChI=1S/C26H31N7O2S/c1-31(2)13-7-20(34)29-21-22(35)17-15-28-25(32-14-10-26(16-32)8-11-27-12-9-26)30-23(17)33-18-5-3-4-6-19(18)36-24(21)33/h3-6,15,27H,7-14,16H2,1-2H3,(H,29,34). The molecule has 9 nitrogen and oxygen atoms in total. The van der Waals surface area contributed by atoms with Crippen molar-refractivity contribution in [3.8, 4) is 0 Å². The van der Waals surface area contributed by atoms with Gasteiger partial charge in [0, 0.05) is 32.3 Å². The molecule has 1 spiro atoms. The van der Waals surface area contributed by atoms with Crippen molar-refractivity contribution in [1.82, 2.24) is 24.6 Å². The number of aromatic nitrogens is 3. The summed E-state index contributed by atoms with van der Waals surface area (Å²) in [5.41, 5.74) is 1.95. The number of carbonyl (C=O) groups is 1. The summed E-state index contributed by atoms with van der Waals surface area (Å²) in [7, 11) is 3.84. The van der Waals surface area contributed by atoms with Crippen molar-refractivity contribution < 1.29 is 4.79 Å². The van der Waals surface area contributed by atoms with Gasteiger partial charge in [-0.2, -0.15) is 4.98 Å². The fourth-order valence-corrected chi connectivity index (χ4v) is 6.69. The Bertz CT molecular complexity index is 1520. The molecule has 6 rings (SSSR count). The maximum Gasteiger partial charge on any atom is 0.227 e. The second-order valence-corrected chi connectivity index (χ2v) is 11.4. The van der Waals surface area contributed by atoms with E-state index in [1.165, 1.54) is 24.2 Å². The third-order valence-corrected chi connectivity index (χ3v) is 8.75. The molecule has 0 aliphatic carbocycles. The molecule has 1 aromatic carbocycles. The molecule has 2 saturated heterocycles. The van der Waals surface area contributed by atoms with Crippen molar-refractivity contribution in [3.63, 3.8) is 0 Å². The number of thiazole rings is 1. The zero-order chi connectivity index (χ0) is 24.9. The van der Waals surface area contributed by atoms with Crippen LogP contribution in [0.4, 0.5) is 11.6 Å². The van der Waals surface area contributed by atoms with Crippen LogP contribution < -0.4 is 21.0 Å². The second-order valence-electron chi connectivity index (χ2n) is 10.3. The van der Waals surface area contributed by atoms with Crippen LogP contribution in [-0.4, -0.2) is 72.0 Å². The highest BCUT2D eigenvalue weighted by molar-refractivity contribution is 7.24. The third-order valence-electron chi connectivity index (χ3n) is 7.61. The summed E-state index contributed by atoms with van der Waals surface area (Å²) in [6.45, 7) is 4.60. The quantitative estimate of drug-likeness (QED) is 0.431. The smallest absolute Gasteiger partial charge is 0.227 e. The number of pyridine rings is 1. The van der Waals surface area contributed by atoms with Crippen molar-refractivity contribution in [1.29, 1.82) is 0 Å². The molecule has 10 heteroatoms. The molecule has 2 N–H and O–H groups in total. The SMILES string of the molecule is CN(C)CCC(=O)Nc1c(=O)c2cnc(N3CCC4(CCNCC4)C3)nc2n2c1sc1ccccc12. The van der Waals surface area contributed by atoms with E-state index < -0.39 is 0 Å². The number of rotatable bonds is 5. The van der Waals surface area contributed by atoms with E-state index in [0.29, 0.717) is 45.9 Å². The summed E-state index contributed by atoms with van der Waals surface area (Å²) < 4.78 is 3.04. The van der Waals surface area contributed by atoms with E-state index in [4.69, 9.17) is 4.98 Å². The Balaban J connectivity index is 1.47. The highest BCUT2D eigenvalue weighted by atomic mass is 32.1. The van der Waals surface area contributed by atoms with Crippen LogP contribution in [0, 0.1) is 5.41 Å². The Morgan fingerprint density at radius 2 is 2.03 bits per heavy atom. The Morgan fingerprint density at radius 3 is 2.83 bits per heavy atom. The molecule has 4 aromatic rings. The van der Waals surface area contributed by atoms with Crippen LogP contribution in [0.25, 0.3) is 26.1 Å². The summed E-state index contributed by atoms with van der Waals surface area (Å²) in [4.78, 5) is 40.9. The molecule has 0 unspecified atom stereocenters. The first-order chi connectivity index (χ1) is 17.4. The average Bonchev–Trinajstić information content (AvgIpc) is 3.47. The second kappa shape index (κ2) is 9.10. The summed E-state index contributed by atoms with van der Waals surface area (Å²) in [6, 6.07) is 8.03. The summed E-state index contributed by atoms with van der Waals surface area (Å²) >= 11 is 1.50. The number of hydrogen-bond acceptors (Lipinski definition) is 8. The zero-order valence-electron chi connectivity index (χ0n) is 20.7. The first-order valence-electron chi connectivity index (χ1n) is 12.6. The van der Waals surface area contributed by atoms with Gasteiger partial charge in [-0.15, -0.1) is 11.3 Å². The topological polar surface area (TPSA) is 94.9 Å². The number of nitrogens with one attached hydrogen (secondary N) is 2. The molecule has 0 atom stereocenters. The number of fused-ring (bicyclic) bond motifs is 5. The fraction of sp³-hybridized carbons (Fsp3) is 0.462. The number of nitrogens with zero attached hydrogens (tertiary/aromatic N) is 5. The molecule has 5 heterocycles. The predicted octanol–water partition coefficient (Wildman–Crippen LogP) is 2.93. The third kappa shape index (κ3) is 4.03. The first-order valence-corrected chi connectivity index (χ1v) is 13.4. The molecular weight excluding hydrogens is 474 g/mol. The summed E-state index contributed by atoms with van der Waals surface area (Å²) in [6.07, 6.45) is 5.44. The molecule has 2 aliphatic rings. The molecule has 1 amide bonds. The molecule has 0 saturated carbocycles. The minimum absolute atomic E-state index is 0.179. The number of hydrogen-bond donors (Lipinski definition) is 2. The normalized spacial score (nSPS) is 17.7. The number of para-hydroxylation sites is 1. The van der Waals surface area contributed by atoms with E-state index in [9.17, 15) is 9.59 Å². The van der Waals surface area contributed by atoms with E-state index in [1.54, 1.807) is 6.20 Å². The lowest BCUT2D eigenvalue weighted by Gasteiger charge is -2.33. The van der Waals surface area contributed by atoms with Crippen molar-refractivity contribution >= 4 is 55.0 Å². The summed E-state index contributed by atoms with van der Waals surface area (Å²) in [5, 5.41) is 6.79. The molecule has 2 fully saturated rings. The molecule has 188 valence electrons. The van der Waals surface area contributed by atoms with Gasteiger partial charge >= 0.3 is 0 Å². The van der Waals surface area contributed by atoms with Gasteiger partial charge in [0.05, 0.1) is 15.6 Å². The van der Waals surface area contributed by atoms with Gasteiger partial charge in [0.1, 0.15) is 10.5 Å². The molecule has 2 aliphatic heterocycles. The van der Waals surface area contributed by atoms with E-state index in [0.717, 1.165) is 42.8 Å². The minimum atomic E-state index is -0.238. The Hall–Kier alpha value is -3.08. The van der Waals surface area contributed by atoms with Gasteiger partial charge in [0.2, 0.25) is 17.3 Å². The number of anilines is 2. The Kier molecular flexibility index (Phi) is 5.89. The van der Waals surface area contributed by atoms with Crippen molar-refractivity contribution in [3.05, 3.63) is 40.7 Å². The largest absolute Gasteiger partial charge is 0.340 e.